The monoisotopic (exact) mass is 491 g/mol. The Morgan fingerprint density at radius 1 is 1.17 bits per heavy atom. The third kappa shape index (κ3) is 4.87. The number of benzene rings is 2. The highest BCUT2D eigenvalue weighted by molar-refractivity contribution is 8.18. The van der Waals surface area contributed by atoms with E-state index in [4.69, 9.17) is 0 Å². The molecule has 6 nitrogen and oxygen atoms in total. The first-order chi connectivity index (χ1) is 16.5. The van der Waals surface area contributed by atoms with Crippen LogP contribution in [0.4, 0.5) is 16.2 Å². The van der Waals surface area contributed by atoms with Crippen LogP contribution in [0.5, 0.6) is 0 Å². The van der Waals surface area contributed by atoms with Crippen molar-refractivity contribution in [2.75, 3.05) is 23.3 Å². The molecule has 1 unspecified atom stereocenters. The Hall–Kier alpha value is -3.06. The summed E-state index contributed by atoms with van der Waals surface area (Å²) in [5.74, 6) is -0.443. The van der Waals surface area contributed by atoms with E-state index < -0.39 is 17.1 Å². The molecule has 1 N–H and O–H groups in total. The zero-order valence-electron chi connectivity index (χ0n) is 21.3. The Balaban J connectivity index is 1.56. The van der Waals surface area contributed by atoms with E-state index in [1.807, 2.05) is 32.0 Å². The normalized spacial score (nSPS) is 20.4. The summed E-state index contributed by atoms with van der Waals surface area (Å²) in [5, 5.41) is 2.36. The highest BCUT2D eigenvalue weighted by Crippen LogP contribution is 2.45. The molecule has 0 radical (unpaired) electrons. The van der Waals surface area contributed by atoms with Gasteiger partial charge in [-0.3, -0.25) is 19.3 Å². The Morgan fingerprint density at radius 3 is 2.57 bits per heavy atom. The number of aryl methyl sites for hydroxylation is 2. The molecule has 1 fully saturated rings. The van der Waals surface area contributed by atoms with Crippen molar-refractivity contribution in [1.29, 1.82) is 0 Å². The van der Waals surface area contributed by atoms with Crippen molar-refractivity contribution >= 4 is 46.3 Å². The fourth-order valence-corrected chi connectivity index (χ4v) is 6.06. The third-order valence-corrected chi connectivity index (χ3v) is 7.88. The number of nitrogens with zero attached hydrogens (tertiary/aromatic N) is 2. The van der Waals surface area contributed by atoms with Crippen LogP contribution in [0.25, 0.3) is 6.08 Å². The number of fused-ring (bicyclic) bond motifs is 1. The quantitative estimate of drug-likeness (QED) is 0.513. The number of rotatable bonds is 5. The lowest BCUT2D eigenvalue weighted by Crippen LogP contribution is -2.48. The molecule has 0 aliphatic carbocycles. The van der Waals surface area contributed by atoms with Gasteiger partial charge < -0.3 is 10.2 Å². The number of anilines is 2. The van der Waals surface area contributed by atoms with Crippen molar-refractivity contribution in [1.82, 2.24) is 4.90 Å². The van der Waals surface area contributed by atoms with Crippen molar-refractivity contribution in [2.24, 2.45) is 0 Å². The van der Waals surface area contributed by atoms with E-state index in [0.29, 0.717) is 16.5 Å². The third-order valence-electron chi connectivity index (χ3n) is 6.97. The molecule has 0 aromatic heterocycles. The van der Waals surface area contributed by atoms with Crippen LogP contribution < -0.4 is 10.2 Å². The molecule has 2 aromatic rings. The molecule has 7 heteroatoms. The topological polar surface area (TPSA) is 69.7 Å². The summed E-state index contributed by atoms with van der Waals surface area (Å²) in [6, 6.07) is 11.8. The molecule has 0 spiro atoms. The van der Waals surface area contributed by atoms with Crippen LogP contribution in [0.3, 0.4) is 0 Å². The largest absolute Gasteiger partial charge is 0.366 e. The minimum Gasteiger partial charge on any atom is -0.366 e. The predicted molar refractivity (Wildman–Crippen MR) is 144 cm³/mol. The lowest BCUT2D eigenvalue weighted by Gasteiger charge is -2.47. The molecular formula is C28H33N3O3S. The fourth-order valence-electron chi connectivity index (χ4n) is 5.23. The number of amides is 3. The van der Waals surface area contributed by atoms with Crippen molar-refractivity contribution in [2.45, 2.75) is 59.4 Å². The van der Waals surface area contributed by atoms with Crippen LogP contribution in [0.15, 0.2) is 41.3 Å². The molecule has 2 aromatic carbocycles. The highest BCUT2D eigenvalue weighted by atomic mass is 32.2. The van der Waals surface area contributed by atoms with Gasteiger partial charge in [0.1, 0.15) is 6.54 Å². The predicted octanol–water partition coefficient (Wildman–Crippen LogP) is 6.09. The minimum atomic E-state index is -0.429. The summed E-state index contributed by atoms with van der Waals surface area (Å²) in [7, 11) is 0. The highest BCUT2D eigenvalue weighted by Gasteiger charge is 2.38. The van der Waals surface area contributed by atoms with Gasteiger partial charge in [0.15, 0.2) is 0 Å². The second-order valence-electron chi connectivity index (χ2n) is 10.1. The van der Waals surface area contributed by atoms with Crippen LogP contribution >= 0.6 is 11.8 Å². The summed E-state index contributed by atoms with van der Waals surface area (Å²) in [5.41, 5.74) is 6.15. The van der Waals surface area contributed by atoms with Gasteiger partial charge in [0.2, 0.25) is 5.91 Å². The number of carbonyl (C=O) groups excluding carboxylic acids is 3. The summed E-state index contributed by atoms with van der Waals surface area (Å²) in [6.07, 6.45) is 2.84. The first-order valence-corrected chi connectivity index (χ1v) is 12.9. The molecule has 4 rings (SSSR count). The Bertz CT molecular complexity index is 1230. The van der Waals surface area contributed by atoms with Crippen LogP contribution in [0.2, 0.25) is 0 Å². The maximum atomic E-state index is 13.1. The second kappa shape index (κ2) is 9.53. The van der Waals surface area contributed by atoms with E-state index in [9.17, 15) is 14.4 Å². The number of hydrogen-bond acceptors (Lipinski definition) is 5. The van der Waals surface area contributed by atoms with Crippen LogP contribution in [-0.2, 0) is 9.59 Å². The van der Waals surface area contributed by atoms with Gasteiger partial charge in [-0.25, -0.2) is 0 Å². The average Bonchev–Trinajstić information content (AvgIpc) is 3.03. The number of hydrogen-bond donors (Lipinski definition) is 1. The maximum absolute atomic E-state index is 13.1. The summed E-state index contributed by atoms with van der Waals surface area (Å²) < 4.78 is 0. The maximum Gasteiger partial charge on any atom is 0.294 e. The molecule has 3 amide bonds. The van der Waals surface area contributed by atoms with Crippen molar-refractivity contribution in [3.05, 3.63) is 63.6 Å². The van der Waals surface area contributed by atoms with Crippen LogP contribution in [-0.4, -0.2) is 40.6 Å². The van der Waals surface area contributed by atoms with Gasteiger partial charge in [0.25, 0.3) is 11.1 Å². The van der Waals surface area contributed by atoms with Gasteiger partial charge in [-0.15, -0.1) is 0 Å². The summed E-state index contributed by atoms with van der Waals surface area (Å²) >= 11 is 0.888. The van der Waals surface area contributed by atoms with E-state index in [0.717, 1.165) is 46.3 Å². The number of thioether (sulfide) groups is 1. The first-order valence-electron chi connectivity index (χ1n) is 12.0. The van der Waals surface area contributed by atoms with Crippen molar-refractivity contribution < 1.29 is 14.4 Å². The van der Waals surface area contributed by atoms with Crippen LogP contribution in [0.1, 0.15) is 62.3 Å². The molecule has 2 aliphatic heterocycles. The molecule has 1 atom stereocenters. The fraction of sp³-hybridized carbons (Fsp3) is 0.393. The van der Waals surface area contributed by atoms with E-state index >= 15 is 0 Å². The van der Waals surface area contributed by atoms with Crippen molar-refractivity contribution in [3.63, 3.8) is 0 Å². The first kappa shape index (κ1) is 25.0. The van der Waals surface area contributed by atoms with E-state index in [2.05, 4.69) is 50.0 Å². The molecular weight excluding hydrogens is 458 g/mol. The minimum absolute atomic E-state index is 0.0800. The van der Waals surface area contributed by atoms with Crippen LogP contribution in [0, 0.1) is 13.8 Å². The molecule has 2 heterocycles. The van der Waals surface area contributed by atoms with Gasteiger partial charge in [0.05, 0.1) is 4.91 Å². The smallest absolute Gasteiger partial charge is 0.294 e. The zero-order valence-corrected chi connectivity index (χ0v) is 22.1. The summed E-state index contributed by atoms with van der Waals surface area (Å²) in [6.45, 7) is 13.5. The molecule has 184 valence electrons. The zero-order chi connectivity index (χ0) is 25.5. The number of carbonyl (C=O) groups is 3. The number of imide groups is 1. The van der Waals surface area contributed by atoms with Gasteiger partial charge in [0, 0.05) is 23.5 Å². The Kier molecular flexibility index (Phi) is 6.82. The van der Waals surface area contributed by atoms with E-state index in [1.54, 1.807) is 12.1 Å². The molecule has 0 saturated carbocycles. The van der Waals surface area contributed by atoms with Crippen molar-refractivity contribution in [3.8, 4) is 0 Å². The SMILES string of the molecule is CCN1c2cc(C)c(/C=C3/SC(=O)N(CC(=O)Nc4ccccc4C)C3=O)cc2C(C)CC1(C)C. The van der Waals surface area contributed by atoms with Gasteiger partial charge in [-0.2, -0.15) is 0 Å². The molecule has 35 heavy (non-hydrogen) atoms. The second-order valence-corrected chi connectivity index (χ2v) is 11.1. The Labute approximate surface area is 211 Å². The molecule has 1 saturated heterocycles. The molecule has 2 aliphatic rings. The van der Waals surface area contributed by atoms with Gasteiger partial charge in [-0.05, 0) is 105 Å². The number of nitrogens with one attached hydrogen (secondary N) is 1. The lowest BCUT2D eigenvalue weighted by molar-refractivity contribution is -0.127. The van der Waals surface area contributed by atoms with E-state index in [1.165, 1.54) is 11.3 Å². The standard InChI is InChI=1S/C28H33N3O3S/c1-7-31-23-12-18(3)20(13-21(23)19(4)15-28(31,5)6)14-24-26(33)30(27(34)35-24)16-25(32)29-22-11-9-8-10-17(22)2/h8-14,19H,7,15-16H2,1-6H3,(H,29,32)/b24-14+. The lowest BCUT2D eigenvalue weighted by atomic mass is 9.79. The Morgan fingerprint density at radius 2 is 1.89 bits per heavy atom. The van der Waals surface area contributed by atoms with Gasteiger partial charge >= 0.3 is 0 Å². The average molecular weight is 492 g/mol. The summed E-state index contributed by atoms with van der Waals surface area (Å²) in [4.78, 5) is 42.0. The molecule has 0 bridgehead atoms. The van der Waals surface area contributed by atoms with Gasteiger partial charge in [-0.1, -0.05) is 25.1 Å². The number of para-hydroxylation sites is 1. The van der Waals surface area contributed by atoms with E-state index in [-0.39, 0.29) is 12.1 Å².